The first kappa shape index (κ1) is 9.19. The van der Waals surface area contributed by atoms with E-state index < -0.39 is 0 Å². The predicted molar refractivity (Wildman–Crippen MR) is 52.5 cm³/mol. The zero-order chi connectivity index (χ0) is 8.43. The zero-order valence-corrected chi connectivity index (χ0v) is 8.92. The van der Waals surface area contributed by atoms with Crippen LogP contribution in [-0.2, 0) is 0 Å². The number of halogens is 1. The van der Waals surface area contributed by atoms with Crippen molar-refractivity contribution < 1.29 is 0 Å². The van der Waals surface area contributed by atoms with Gasteiger partial charge in [0.15, 0.2) is 0 Å². The van der Waals surface area contributed by atoms with Crippen molar-refractivity contribution in [2.24, 2.45) is 5.84 Å². The van der Waals surface area contributed by atoms with Crippen molar-refractivity contribution >= 4 is 27.3 Å². The van der Waals surface area contributed by atoms with Crippen LogP contribution >= 0.6 is 27.3 Å². The molecule has 0 fully saturated rings. The highest BCUT2D eigenvalue weighted by molar-refractivity contribution is 9.11. The number of hydrogen-bond acceptors (Lipinski definition) is 3. The Balaban J connectivity index is 2.88. The van der Waals surface area contributed by atoms with Gasteiger partial charge in [-0.3, -0.25) is 11.3 Å². The molecule has 0 aliphatic carbocycles. The smallest absolute Gasteiger partial charge is 0.0731 e. The molecule has 1 atom stereocenters. The van der Waals surface area contributed by atoms with Gasteiger partial charge in [0.1, 0.15) is 0 Å². The fraction of sp³-hybridized carbons (Fsp3) is 0.429. The fourth-order valence-corrected chi connectivity index (χ4v) is 2.36. The third-order valence-electron chi connectivity index (χ3n) is 1.55. The second kappa shape index (κ2) is 3.67. The second-order valence-electron chi connectivity index (χ2n) is 2.49. The molecule has 0 spiro atoms. The van der Waals surface area contributed by atoms with Crippen molar-refractivity contribution in [2.75, 3.05) is 0 Å². The van der Waals surface area contributed by atoms with Crippen molar-refractivity contribution in [3.8, 4) is 0 Å². The third-order valence-corrected chi connectivity index (χ3v) is 3.87. The summed E-state index contributed by atoms with van der Waals surface area (Å²) in [4.78, 5) is 1.26. The van der Waals surface area contributed by atoms with Gasteiger partial charge in [-0.15, -0.1) is 11.3 Å². The molecule has 0 aromatic carbocycles. The molecule has 0 bridgehead atoms. The van der Waals surface area contributed by atoms with Crippen LogP contribution < -0.4 is 11.3 Å². The number of nitrogens with one attached hydrogen (secondary N) is 1. The van der Waals surface area contributed by atoms with Crippen molar-refractivity contribution in [1.82, 2.24) is 5.43 Å². The van der Waals surface area contributed by atoms with Gasteiger partial charge in [0.25, 0.3) is 0 Å². The number of aryl methyl sites for hydroxylation is 1. The summed E-state index contributed by atoms with van der Waals surface area (Å²) in [7, 11) is 0. The molecular weight excluding hydrogens is 224 g/mol. The standard InChI is InChI=1S/C7H11BrN2S/c1-4-3-6(5(2)10-9)11-7(4)8/h3,5,10H,9H2,1-2H3. The summed E-state index contributed by atoms with van der Waals surface area (Å²) < 4.78 is 1.19. The van der Waals surface area contributed by atoms with Gasteiger partial charge in [0.2, 0.25) is 0 Å². The Hall–Kier alpha value is 0.100. The van der Waals surface area contributed by atoms with Gasteiger partial charge in [-0.2, -0.15) is 0 Å². The molecule has 1 aromatic heterocycles. The summed E-state index contributed by atoms with van der Waals surface area (Å²) in [6.07, 6.45) is 0. The van der Waals surface area contributed by atoms with Gasteiger partial charge in [0, 0.05) is 4.88 Å². The van der Waals surface area contributed by atoms with Crippen molar-refractivity contribution in [2.45, 2.75) is 19.9 Å². The predicted octanol–water partition coefficient (Wildman–Crippen LogP) is 2.34. The number of thiophene rings is 1. The van der Waals surface area contributed by atoms with Crippen LogP contribution in [0.25, 0.3) is 0 Å². The third kappa shape index (κ3) is 2.02. The average Bonchev–Trinajstić information content (AvgIpc) is 2.31. The Bertz CT molecular complexity index is 227. The lowest BCUT2D eigenvalue weighted by atomic mass is 10.2. The van der Waals surface area contributed by atoms with Crippen LogP contribution in [-0.4, -0.2) is 0 Å². The maximum Gasteiger partial charge on any atom is 0.0731 e. The van der Waals surface area contributed by atoms with Crippen LogP contribution in [0.3, 0.4) is 0 Å². The highest BCUT2D eigenvalue weighted by Gasteiger charge is 2.07. The highest BCUT2D eigenvalue weighted by Crippen LogP contribution is 2.30. The summed E-state index contributed by atoms with van der Waals surface area (Å²) in [6, 6.07) is 2.38. The van der Waals surface area contributed by atoms with E-state index in [0.29, 0.717) is 0 Å². The molecule has 0 saturated heterocycles. The quantitative estimate of drug-likeness (QED) is 0.610. The van der Waals surface area contributed by atoms with Gasteiger partial charge in [-0.25, -0.2) is 0 Å². The minimum Gasteiger partial charge on any atom is -0.271 e. The van der Waals surface area contributed by atoms with Gasteiger partial charge in [0.05, 0.1) is 9.83 Å². The average molecular weight is 235 g/mol. The van der Waals surface area contributed by atoms with E-state index in [2.05, 4.69) is 34.3 Å². The fourth-order valence-electron chi connectivity index (χ4n) is 0.779. The van der Waals surface area contributed by atoms with Gasteiger partial charge >= 0.3 is 0 Å². The molecule has 1 aromatic rings. The molecule has 2 nitrogen and oxygen atoms in total. The highest BCUT2D eigenvalue weighted by atomic mass is 79.9. The molecule has 4 heteroatoms. The topological polar surface area (TPSA) is 38.0 Å². The van der Waals surface area contributed by atoms with E-state index in [1.165, 1.54) is 14.2 Å². The van der Waals surface area contributed by atoms with Gasteiger partial charge in [-0.1, -0.05) is 0 Å². The zero-order valence-electron chi connectivity index (χ0n) is 6.52. The van der Waals surface area contributed by atoms with E-state index in [1.54, 1.807) is 11.3 Å². The van der Waals surface area contributed by atoms with E-state index >= 15 is 0 Å². The Morgan fingerprint density at radius 2 is 2.36 bits per heavy atom. The number of hydrazine groups is 1. The maximum atomic E-state index is 5.30. The summed E-state index contributed by atoms with van der Waals surface area (Å²) in [5.41, 5.74) is 3.98. The molecule has 1 unspecified atom stereocenters. The van der Waals surface area contributed by atoms with Crippen LogP contribution in [0, 0.1) is 6.92 Å². The molecule has 1 heterocycles. The first-order valence-electron chi connectivity index (χ1n) is 3.37. The van der Waals surface area contributed by atoms with Gasteiger partial charge < -0.3 is 0 Å². The van der Waals surface area contributed by atoms with E-state index in [0.717, 1.165) is 0 Å². The summed E-state index contributed by atoms with van der Waals surface area (Å²) in [6.45, 7) is 4.12. The van der Waals surface area contributed by atoms with E-state index in [-0.39, 0.29) is 6.04 Å². The van der Waals surface area contributed by atoms with E-state index in [1.807, 2.05) is 6.92 Å². The van der Waals surface area contributed by atoms with Crippen LogP contribution in [0.15, 0.2) is 9.85 Å². The Kier molecular flexibility index (Phi) is 3.06. The molecule has 0 amide bonds. The lowest BCUT2D eigenvalue weighted by Crippen LogP contribution is -2.24. The largest absolute Gasteiger partial charge is 0.271 e. The Morgan fingerprint density at radius 1 is 1.73 bits per heavy atom. The SMILES string of the molecule is Cc1cc(C(C)NN)sc1Br. The van der Waals surface area contributed by atoms with Crippen LogP contribution in [0.1, 0.15) is 23.4 Å². The van der Waals surface area contributed by atoms with Gasteiger partial charge in [-0.05, 0) is 41.4 Å². The number of hydrogen-bond donors (Lipinski definition) is 2. The Labute approximate surface area is 78.9 Å². The molecule has 0 radical (unpaired) electrons. The van der Waals surface area contributed by atoms with Crippen LogP contribution in [0.2, 0.25) is 0 Å². The maximum absolute atomic E-state index is 5.30. The van der Waals surface area contributed by atoms with Crippen molar-refractivity contribution in [1.29, 1.82) is 0 Å². The first-order chi connectivity index (χ1) is 5.15. The molecule has 0 aliphatic rings. The van der Waals surface area contributed by atoms with E-state index in [4.69, 9.17) is 5.84 Å². The normalized spacial score (nSPS) is 13.5. The Morgan fingerprint density at radius 3 is 2.73 bits per heavy atom. The van der Waals surface area contributed by atoms with Crippen molar-refractivity contribution in [3.63, 3.8) is 0 Å². The lowest BCUT2D eigenvalue weighted by Gasteiger charge is -2.04. The minimum absolute atomic E-state index is 0.241. The summed E-state index contributed by atoms with van der Waals surface area (Å²) >= 11 is 5.18. The molecule has 1 rings (SSSR count). The lowest BCUT2D eigenvalue weighted by molar-refractivity contribution is 0.612. The van der Waals surface area contributed by atoms with Crippen LogP contribution in [0.5, 0.6) is 0 Å². The summed E-state index contributed by atoms with van der Waals surface area (Å²) in [5, 5.41) is 0. The summed E-state index contributed by atoms with van der Waals surface area (Å²) in [5.74, 6) is 5.30. The molecule has 3 N–H and O–H groups in total. The minimum atomic E-state index is 0.241. The molecule has 62 valence electrons. The molecule has 0 saturated carbocycles. The van der Waals surface area contributed by atoms with Crippen molar-refractivity contribution in [3.05, 3.63) is 20.3 Å². The van der Waals surface area contributed by atoms with E-state index in [9.17, 15) is 0 Å². The second-order valence-corrected chi connectivity index (χ2v) is 4.90. The number of rotatable bonds is 2. The monoisotopic (exact) mass is 234 g/mol. The molecular formula is C7H11BrN2S. The molecule has 0 aliphatic heterocycles. The number of nitrogens with two attached hydrogens (primary N) is 1. The van der Waals surface area contributed by atoms with Crippen LogP contribution in [0.4, 0.5) is 0 Å². The first-order valence-corrected chi connectivity index (χ1v) is 4.98. The molecule has 11 heavy (non-hydrogen) atoms.